The van der Waals surface area contributed by atoms with Gasteiger partial charge in [-0.1, -0.05) is 12.1 Å². The summed E-state index contributed by atoms with van der Waals surface area (Å²) in [5.41, 5.74) is 0. The molecular formula is C14H16N2OS2. The molecule has 0 spiro atoms. The maximum absolute atomic E-state index is 12.1. The second-order valence-corrected chi connectivity index (χ2v) is 6.70. The minimum Gasteiger partial charge on any atom is -0.333 e. The summed E-state index contributed by atoms with van der Waals surface area (Å²) >= 11 is 3.46. The fourth-order valence-corrected chi connectivity index (χ4v) is 3.89. The number of amides is 2. The Morgan fingerprint density at radius 3 is 2.89 bits per heavy atom. The highest BCUT2D eigenvalue weighted by molar-refractivity contribution is 7.10. The van der Waals surface area contributed by atoms with Gasteiger partial charge in [0.05, 0.1) is 6.54 Å². The minimum absolute atomic E-state index is 0.0625. The van der Waals surface area contributed by atoms with Crippen molar-refractivity contribution in [3.63, 3.8) is 0 Å². The number of rotatable bonds is 3. The van der Waals surface area contributed by atoms with Crippen molar-refractivity contribution in [2.24, 2.45) is 0 Å². The van der Waals surface area contributed by atoms with Gasteiger partial charge in [-0.15, -0.1) is 22.7 Å². The summed E-state index contributed by atoms with van der Waals surface area (Å²) in [6.07, 6.45) is 1.08. The van der Waals surface area contributed by atoms with Crippen LogP contribution >= 0.6 is 22.7 Å². The van der Waals surface area contributed by atoms with Crippen molar-refractivity contribution in [2.75, 3.05) is 13.1 Å². The van der Waals surface area contributed by atoms with Gasteiger partial charge in [0.2, 0.25) is 0 Å². The molecule has 0 bridgehead atoms. The molecule has 3 nitrogen and oxygen atoms in total. The first-order chi connectivity index (χ1) is 9.33. The molecule has 1 saturated heterocycles. The Morgan fingerprint density at radius 2 is 2.16 bits per heavy atom. The van der Waals surface area contributed by atoms with E-state index in [-0.39, 0.29) is 6.03 Å². The van der Waals surface area contributed by atoms with Gasteiger partial charge in [-0.3, -0.25) is 0 Å². The number of hydrogen-bond acceptors (Lipinski definition) is 3. The number of nitrogens with one attached hydrogen (secondary N) is 1. The maximum Gasteiger partial charge on any atom is 0.317 e. The molecule has 1 fully saturated rings. The van der Waals surface area contributed by atoms with E-state index >= 15 is 0 Å². The quantitative estimate of drug-likeness (QED) is 0.922. The van der Waals surface area contributed by atoms with E-state index in [0.29, 0.717) is 12.5 Å². The lowest BCUT2D eigenvalue weighted by molar-refractivity contribution is 0.208. The van der Waals surface area contributed by atoms with Gasteiger partial charge in [0.15, 0.2) is 0 Å². The largest absolute Gasteiger partial charge is 0.333 e. The van der Waals surface area contributed by atoms with Gasteiger partial charge in [-0.2, -0.15) is 0 Å². The average Bonchev–Trinajstić information content (AvgIpc) is 3.14. The highest BCUT2D eigenvalue weighted by atomic mass is 32.1. The topological polar surface area (TPSA) is 32.3 Å². The second kappa shape index (κ2) is 5.75. The normalized spacial score (nSPS) is 18.7. The highest BCUT2D eigenvalue weighted by Gasteiger charge is 2.27. The van der Waals surface area contributed by atoms with E-state index in [0.717, 1.165) is 19.5 Å². The second-order valence-electron chi connectivity index (χ2n) is 4.69. The van der Waals surface area contributed by atoms with Crippen molar-refractivity contribution in [3.8, 4) is 0 Å². The first-order valence-corrected chi connectivity index (χ1v) is 8.17. The summed E-state index contributed by atoms with van der Waals surface area (Å²) in [5.74, 6) is 0.521. The molecule has 5 heteroatoms. The van der Waals surface area contributed by atoms with Gasteiger partial charge in [0, 0.05) is 28.8 Å². The first-order valence-electron chi connectivity index (χ1n) is 6.41. The van der Waals surface area contributed by atoms with Crippen LogP contribution in [0.3, 0.4) is 0 Å². The van der Waals surface area contributed by atoms with Gasteiger partial charge in [-0.05, 0) is 29.3 Å². The van der Waals surface area contributed by atoms with Gasteiger partial charge in [0.25, 0.3) is 0 Å². The van der Waals surface area contributed by atoms with Gasteiger partial charge < -0.3 is 10.2 Å². The summed E-state index contributed by atoms with van der Waals surface area (Å²) in [7, 11) is 0. The van der Waals surface area contributed by atoms with Crippen LogP contribution in [-0.2, 0) is 6.54 Å². The number of carbonyl (C=O) groups excluding carboxylic acids is 1. The van der Waals surface area contributed by atoms with Gasteiger partial charge in [0.1, 0.15) is 0 Å². The van der Waals surface area contributed by atoms with Crippen LogP contribution in [-0.4, -0.2) is 24.0 Å². The lowest BCUT2D eigenvalue weighted by Gasteiger charge is -2.16. The van der Waals surface area contributed by atoms with Crippen molar-refractivity contribution >= 4 is 28.7 Å². The van der Waals surface area contributed by atoms with Gasteiger partial charge >= 0.3 is 6.03 Å². The summed E-state index contributed by atoms with van der Waals surface area (Å²) in [4.78, 5) is 16.6. The molecule has 1 aliphatic heterocycles. The van der Waals surface area contributed by atoms with Crippen molar-refractivity contribution in [3.05, 3.63) is 44.8 Å². The Hall–Kier alpha value is -1.33. The van der Waals surface area contributed by atoms with Crippen molar-refractivity contribution in [1.29, 1.82) is 0 Å². The SMILES string of the molecule is O=C(NCc1cccs1)N1CCC(c2cccs2)C1. The third-order valence-corrected chi connectivity index (χ3v) is 5.33. The van der Waals surface area contributed by atoms with E-state index in [1.807, 2.05) is 22.4 Å². The Labute approximate surface area is 120 Å². The zero-order chi connectivity index (χ0) is 13.1. The predicted molar refractivity (Wildman–Crippen MR) is 79.8 cm³/mol. The van der Waals surface area contributed by atoms with E-state index in [1.165, 1.54) is 9.75 Å². The lowest BCUT2D eigenvalue weighted by atomic mass is 10.1. The molecule has 0 saturated carbocycles. The van der Waals surface area contributed by atoms with Crippen LogP contribution in [0.2, 0.25) is 0 Å². The number of nitrogens with zero attached hydrogens (tertiary/aromatic N) is 1. The molecule has 2 aromatic rings. The van der Waals surface area contributed by atoms with E-state index in [1.54, 1.807) is 22.7 Å². The summed E-state index contributed by atoms with van der Waals surface area (Å²) < 4.78 is 0. The van der Waals surface area contributed by atoms with Crippen molar-refractivity contribution < 1.29 is 4.79 Å². The van der Waals surface area contributed by atoms with Crippen molar-refractivity contribution in [1.82, 2.24) is 10.2 Å². The standard InChI is InChI=1S/C14H16N2OS2/c17-14(15-9-12-3-1-7-18-12)16-6-5-11(10-16)13-4-2-8-19-13/h1-4,7-8,11H,5-6,9-10H2,(H,15,17). The Morgan fingerprint density at radius 1 is 1.32 bits per heavy atom. The number of likely N-dealkylation sites (tertiary alicyclic amines) is 1. The summed E-state index contributed by atoms with van der Waals surface area (Å²) in [6, 6.07) is 8.37. The molecule has 19 heavy (non-hydrogen) atoms. The smallest absolute Gasteiger partial charge is 0.317 e. The number of urea groups is 1. The number of carbonyl (C=O) groups is 1. The lowest BCUT2D eigenvalue weighted by Crippen LogP contribution is -2.37. The first kappa shape index (κ1) is 12.7. The predicted octanol–water partition coefficient (Wildman–Crippen LogP) is 3.51. The van der Waals surface area contributed by atoms with Gasteiger partial charge in [-0.25, -0.2) is 4.79 Å². The van der Waals surface area contributed by atoms with Crippen LogP contribution in [0.25, 0.3) is 0 Å². The molecular weight excluding hydrogens is 276 g/mol. The number of thiophene rings is 2. The van der Waals surface area contributed by atoms with Crippen molar-refractivity contribution in [2.45, 2.75) is 18.9 Å². The third kappa shape index (κ3) is 2.98. The van der Waals surface area contributed by atoms with E-state index in [2.05, 4.69) is 22.8 Å². The molecule has 2 aromatic heterocycles. The molecule has 1 atom stereocenters. The zero-order valence-corrected chi connectivity index (χ0v) is 12.2. The van der Waals surface area contributed by atoms with Crippen LogP contribution in [0.1, 0.15) is 22.1 Å². The van der Waals surface area contributed by atoms with Crippen LogP contribution in [0.4, 0.5) is 4.79 Å². The molecule has 1 N–H and O–H groups in total. The Kier molecular flexibility index (Phi) is 3.84. The molecule has 0 radical (unpaired) electrons. The molecule has 3 heterocycles. The number of hydrogen-bond donors (Lipinski definition) is 1. The fourth-order valence-electron chi connectivity index (χ4n) is 2.39. The monoisotopic (exact) mass is 292 g/mol. The van der Waals surface area contributed by atoms with Crippen LogP contribution in [0, 0.1) is 0 Å². The minimum atomic E-state index is 0.0625. The zero-order valence-electron chi connectivity index (χ0n) is 10.5. The molecule has 2 amide bonds. The third-order valence-electron chi connectivity index (χ3n) is 3.41. The average molecular weight is 292 g/mol. The molecule has 3 rings (SSSR count). The molecule has 1 aliphatic rings. The van der Waals surface area contributed by atoms with Crippen LogP contribution in [0.5, 0.6) is 0 Å². The van der Waals surface area contributed by atoms with Crippen LogP contribution in [0.15, 0.2) is 35.0 Å². The Balaban J connectivity index is 1.51. The molecule has 1 unspecified atom stereocenters. The summed E-state index contributed by atoms with van der Waals surface area (Å²) in [6.45, 7) is 2.34. The summed E-state index contributed by atoms with van der Waals surface area (Å²) in [5, 5.41) is 7.13. The molecule has 0 aromatic carbocycles. The highest BCUT2D eigenvalue weighted by Crippen LogP contribution is 2.30. The molecule has 100 valence electrons. The Bertz CT molecular complexity index is 522. The van der Waals surface area contributed by atoms with Crippen LogP contribution < -0.4 is 5.32 Å². The van der Waals surface area contributed by atoms with E-state index < -0.39 is 0 Å². The maximum atomic E-state index is 12.1. The fraction of sp³-hybridized carbons (Fsp3) is 0.357. The van der Waals surface area contributed by atoms with E-state index in [4.69, 9.17) is 0 Å². The van der Waals surface area contributed by atoms with E-state index in [9.17, 15) is 4.79 Å². The molecule has 0 aliphatic carbocycles.